The molecule has 1 aromatic carbocycles. The van der Waals surface area contributed by atoms with Gasteiger partial charge in [-0.1, -0.05) is 36.9 Å². The number of thioether (sulfide) groups is 1. The van der Waals surface area contributed by atoms with Crippen LogP contribution in [0.1, 0.15) is 23.7 Å². The molecule has 0 saturated carbocycles. The van der Waals surface area contributed by atoms with Gasteiger partial charge in [0.1, 0.15) is 0 Å². The van der Waals surface area contributed by atoms with Crippen LogP contribution >= 0.6 is 11.8 Å². The summed E-state index contributed by atoms with van der Waals surface area (Å²) < 4.78 is 1.47. The topological polar surface area (TPSA) is 96.8 Å². The van der Waals surface area contributed by atoms with E-state index in [0.717, 1.165) is 18.2 Å². The predicted octanol–water partition coefficient (Wildman–Crippen LogP) is 1.03. The number of rotatable bonds is 6. The molecule has 1 aromatic heterocycles. The Balaban J connectivity index is 1.91. The summed E-state index contributed by atoms with van der Waals surface area (Å²) in [6.07, 6.45) is 0.783. The lowest BCUT2D eigenvalue weighted by atomic mass is 10.2. The maximum Gasteiger partial charge on any atom is 0.343 e. The number of benzene rings is 1. The maximum absolute atomic E-state index is 11.8. The molecule has 8 heteroatoms. The Morgan fingerprint density at radius 2 is 2.05 bits per heavy atom. The van der Waals surface area contributed by atoms with Crippen molar-refractivity contribution in [1.29, 1.82) is 0 Å². The van der Waals surface area contributed by atoms with Gasteiger partial charge in [0.05, 0.1) is 5.75 Å². The number of carbonyl (C=O) groups excluding carboxylic acids is 2. The summed E-state index contributed by atoms with van der Waals surface area (Å²) in [5, 5.41) is 8.96. The van der Waals surface area contributed by atoms with Gasteiger partial charge in [-0.3, -0.25) is 19.5 Å². The standard InChI is InChI=1S/C14H16N4O3S/c1-2-8-18-13(21)16-17-14(18)22-9-11(19)15-12(20)10-6-4-3-5-7-10/h3-7H,2,8-9H2,1H3,(H,16,21)(H,15,19,20). The summed E-state index contributed by atoms with van der Waals surface area (Å²) in [5.74, 6) is -0.872. The molecule has 0 radical (unpaired) electrons. The Kier molecular flexibility index (Phi) is 5.54. The van der Waals surface area contributed by atoms with E-state index in [4.69, 9.17) is 0 Å². The summed E-state index contributed by atoms with van der Waals surface area (Å²) in [6, 6.07) is 8.49. The van der Waals surface area contributed by atoms with Crippen molar-refractivity contribution in [2.45, 2.75) is 25.0 Å². The second kappa shape index (κ2) is 7.60. The number of amides is 2. The molecule has 116 valence electrons. The lowest BCUT2D eigenvalue weighted by Crippen LogP contribution is -2.31. The second-order valence-electron chi connectivity index (χ2n) is 4.49. The molecule has 2 aromatic rings. The van der Waals surface area contributed by atoms with Crippen molar-refractivity contribution in [3.8, 4) is 0 Å². The second-order valence-corrected chi connectivity index (χ2v) is 5.44. The van der Waals surface area contributed by atoms with Gasteiger partial charge in [-0.15, -0.1) is 5.10 Å². The van der Waals surface area contributed by atoms with Crippen LogP contribution in [0.3, 0.4) is 0 Å². The zero-order valence-corrected chi connectivity index (χ0v) is 12.9. The van der Waals surface area contributed by atoms with E-state index in [0.29, 0.717) is 17.3 Å². The zero-order chi connectivity index (χ0) is 15.9. The maximum atomic E-state index is 11.8. The molecule has 2 N–H and O–H groups in total. The molecule has 0 unspecified atom stereocenters. The normalized spacial score (nSPS) is 10.4. The Morgan fingerprint density at radius 3 is 2.73 bits per heavy atom. The van der Waals surface area contributed by atoms with Gasteiger partial charge in [-0.05, 0) is 18.6 Å². The van der Waals surface area contributed by atoms with Crippen molar-refractivity contribution in [2.75, 3.05) is 5.75 Å². The van der Waals surface area contributed by atoms with E-state index in [9.17, 15) is 14.4 Å². The summed E-state index contributed by atoms with van der Waals surface area (Å²) in [4.78, 5) is 35.1. The van der Waals surface area contributed by atoms with Crippen LogP contribution in [0.25, 0.3) is 0 Å². The van der Waals surface area contributed by atoms with Crippen molar-refractivity contribution in [3.05, 3.63) is 46.4 Å². The number of imide groups is 1. The molecule has 0 aliphatic heterocycles. The van der Waals surface area contributed by atoms with Crippen LogP contribution in [-0.4, -0.2) is 32.3 Å². The van der Waals surface area contributed by atoms with Crippen molar-refractivity contribution in [2.24, 2.45) is 0 Å². The molecule has 0 bridgehead atoms. The van der Waals surface area contributed by atoms with E-state index >= 15 is 0 Å². The first-order valence-corrected chi connectivity index (χ1v) is 7.77. The van der Waals surface area contributed by atoms with Gasteiger partial charge in [-0.25, -0.2) is 9.89 Å². The van der Waals surface area contributed by atoms with Crippen LogP contribution in [0.2, 0.25) is 0 Å². The molecule has 0 spiro atoms. The molecule has 0 atom stereocenters. The molecule has 0 aliphatic carbocycles. The van der Waals surface area contributed by atoms with E-state index in [2.05, 4.69) is 15.5 Å². The van der Waals surface area contributed by atoms with Gasteiger partial charge >= 0.3 is 5.69 Å². The highest BCUT2D eigenvalue weighted by Crippen LogP contribution is 2.12. The minimum Gasteiger partial charge on any atom is -0.292 e. The molecule has 2 rings (SSSR count). The van der Waals surface area contributed by atoms with Gasteiger partial charge in [0.25, 0.3) is 5.91 Å². The third-order valence-corrected chi connectivity index (χ3v) is 3.77. The smallest absolute Gasteiger partial charge is 0.292 e. The highest BCUT2D eigenvalue weighted by atomic mass is 32.2. The minimum atomic E-state index is -0.445. The molecule has 22 heavy (non-hydrogen) atoms. The number of hydrogen-bond acceptors (Lipinski definition) is 5. The highest BCUT2D eigenvalue weighted by molar-refractivity contribution is 7.99. The first kappa shape index (κ1) is 16.0. The number of aromatic nitrogens is 3. The third kappa shape index (κ3) is 4.08. The van der Waals surface area contributed by atoms with Crippen molar-refractivity contribution in [1.82, 2.24) is 20.1 Å². The number of nitrogens with one attached hydrogen (secondary N) is 2. The number of aromatic amines is 1. The molecule has 0 fully saturated rings. The number of hydrogen-bond donors (Lipinski definition) is 2. The summed E-state index contributed by atoms with van der Waals surface area (Å²) in [6.45, 7) is 2.47. The Hall–Kier alpha value is -2.35. The average Bonchev–Trinajstić information content (AvgIpc) is 2.87. The summed E-state index contributed by atoms with van der Waals surface area (Å²) >= 11 is 1.11. The fraction of sp³-hybridized carbons (Fsp3) is 0.286. The van der Waals surface area contributed by atoms with Crippen molar-refractivity contribution in [3.63, 3.8) is 0 Å². The van der Waals surface area contributed by atoms with Crippen LogP contribution in [0.4, 0.5) is 0 Å². The van der Waals surface area contributed by atoms with Gasteiger partial charge in [0.2, 0.25) is 5.91 Å². The summed E-state index contributed by atoms with van der Waals surface area (Å²) in [7, 11) is 0. The van der Waals surface area contributed by atoms with Crippen LogP contribution < -0.4 is 11.0 Å². The van der Waals surface area contributed by atoms with E-state index in [1.165, 1.54) is 4.57 Å². The largest absolute Gasteiger partial charge is 0.343 e. The summed E-state index contributed by atoms with van der Waals surface area (Å²) in [5.41, 5.74) is 0.119. The first-order chi connectivity index (χ1) is 10.6. The molecule has 2 amide bonds. The van der Waals surface area contributed by atoms with Crippen LogP contribution in [0, 0.1) is 0 Å². The zero-order valence-electron chi connectivity index (χ0n) is 12.0. The van der Waals surface area contributed by atoms with E-state index in [-0.39, 0.29) is 11.4 Å². The third-order valence-electron chi connectivity index (χ3n) is 2.79. The fourth-order valence-corrected chi connectivity index (χ4v) is 2.56. The van der Waals surface area contributed by atoms with E-state index in [1.54, 1.807) is 30.3 Å². The molecule has 7 nitrogen and oxygen atoms in total. The van der Waals surface area contributed by atoms with E-state index in [1.807, 2.05) is 6.92 Å². The Labute approximate surface area is 131 Å². The average molecular weight is 320 g/mol. The lowest BCUT2D eigenvalue weighted by molar-refractivity contribution is -0.117. The monoisotopic (exact) mass is 320 g/mol. The minimum absolute atomic E-state index is 0.00653. The van der Waals surface area contributed by atoms with Crippen LogP contribution in [0.5, 0.6) is 0 Å². The van der Waals surface area contributed by atoms with E-state index < -0.39 is 11.8 Å². The highest BCUT2D eigenvalue weighted by Gasteiger charge is 2.13. The number of carbonyl (C=O) groups is 2. The molecule has 0 saturated heterocycles. The van der Waals surface area contributed by atoms with Gasteiger partial charge < -0.3 is 0 Å². The van der Waals surface area contributed by atoms with Gasteiger partial charge in [0, 0.05) is 12.1 Å². The predicted molar refractivity (Wildman–Crippen MR) is 82.8 cm³/mol. The Bertz CT molecular complexity index is 708. The van der Waals surface area contributed by atoms with Crippen LogP contribution in [-0.2, 0) is 11.3 Å². The Morgan fingerprint density at radius 1 is 1.32 bits per heavy atom. The number of nitrogens with zero attached hydrogens (tertiary/aromatic N) is 2. The lowest BCUT2D eigenvalue weighted by Gasteiger charge is -2.05. The van der Waals surface area contributed by atoms with Crippen molar-refractivity contribution >= 4 is 23.6 Å². The molecule has 0 aliphatic rings. The van der Waals surface area contributed by atoms with Crippen LogP contribution in [0.15, 0.2) is 40.3 Å². The van der Waals surface area contributed by atoms with Crippen molar-refractivity contribution < 1.29 is 9.59 Å². The first-order valence-electron chi connectivity index (χ1n) is 6.79. The quantitative estimate of drug-likeness (QED) is 0.775. The van der Waals surface area contributed by atoms with Gasteiger partial charge in [-0.2, -0.15) is 0 Å². The fourth-order valence-electron chi connectivity index (χ4n) is 1.79. The molecule has 1 heterocycles. The number of H-pyrrole nitrogens is 1. The van der Waals surface area contributed by atoms with Gasteiger partial charge in [0.15, 0.2) is 5.16 Å². The SMILES string of the molecule is CCCn1c(SCC(=O)NC(=O)c2ccccc2)n[nH]c1=O. The molecular weight excluding hydrogens is 304 g/mol. The molecular formula is C14H16N4O3S.